The van der Waals surface area contributed by atoms with E-state index in [4.69, 9.17) is 16.3 Å². The van der Waals surface area contributed by atoms with Crippen LogP contribution in [-0.4, -0.2) is 78.0 Å². The quantitative estimate of drug-likeness (QED) is 0.413. The molecule has 5 rings (SSSR count). The second-order valence-electron chi connectivity index (χ2n) is 12.3. The molecular weight excluding hydrogens is 528 g/mol. The van der Waals surface area contributed by atoms with Gasteiger partial charge in [0.1, 0.15) is 11.6 Å². The summed E-state index contributed by atoms with van der Waals surface area (Å²) in [6.45, 7) is 8.55. The standard InChI is InChI=1S/C31H43ClN4O4/c1-5-6-15-35(4)16-17-36-27(29(38)34-23-12-7-9-19(2)20(23)3)31-14-13-24(40-31)25(26(31)30(36)39)28(37)33-22-11-8-10-21(32)18-22/h8,10-11,13-14,18-20,23-27H,5-7,9,12,15-17H2,1-4H3,(H,33,37)(H,34,38)/t19-,20+,23+,24-,25+,26-,27-,31-/m0/s1. The largest absolute Gasteiger partial charge is 0.359 e. The molecule has 40 heavy (non-hydrogen) atoms. The number of likely N-dealkylation sites (N-methyl/N-ethyl adjacent to an activating group) is 1. The Morgan fingerprint density at radius 3 is 2.75 bits per heavy atom. The van der Waals surface area contributed by atoms with Crippen molar-refractivity contribution in [3.8, 4) is 0 Å². The molecule has 1 aliphatic carbocycles. The van der Waals surface area contributed by atoms with Gasteiger partial charge in [0, 0.05) is 29.8 Å². The molecule has 0 aromatic heterocycles. The van der Waals surface area contributed by atoms with Crippen LogP contribution in [0.3, 0.4) is 0 Å². The van der Waals surface area contributed by atoms with E-state index in [1.165, 1.54) is 0 Å². The van der Waals surface area contributed by atoms with Crippen molar-refractivity contribution in [1.29, 1.82) is 0 Å². The van der Waals surface area contributed by atoms with Gasteiger partial charge < -0.3 is 25.2 Å². The van der Waals surface area contributed by atoms with Gasteiger partial charge in [0.2, 0.25) is 17.7 Å². The molecule has 0 radical (unpaired) electrons. The molecular formula is C31H43ClN4O4. The number of unbranched alkanes of at least 4 members (excludes halogenated alkanes) is 1. The summed E-state index contributed by atoms with van der Waals surface area (Å²) in [5.41, 5.74) is -0.596. The van der Waals surface area contributed by atoms with Crippen LogP contribution in [0.2, 0.25) is 5.02 Å². The predicted molar refractivity (Wildman–Crippen MR) is 156 cm³/mol. The van der Waals surface area contributed by atoms with Crippen LogP contribution in [0.15, 0.2) is 36.4 Å². The first-order chi connectivity index (χ1) is 19.2. The maximum absolute atomic E-state index is 14.2. The van der Waals surface area contributed by atoms with Crippen LogP contribution in [0.5, 0.6) is 0 Å². The predicted octanol–water partition coefficient (Wildman–Crippen LogP) is 4.10. The Bertz CT molecular complexity index is 1160. The highest BCUT2D eigenvalue weighted by Gasteiger charge is 2.72. The van der Waals surface area contributed by atoms with Crippen LogP contribution in [0, 0.1) is 23.7 Å². The number of carbonyl (C=O) groups is 3. The number of benzene rings is 1. The number of ether oxygens (including phenoxy) is 1. The fourth-order valence-corrected chi connectivity index (χ4v) is 7.36. The molecule has 2 saturated heterocycles. The van der Waals surface area contributed by atoms with E-state index in [9.17, 15) is 14.4 Å². The number of nitrogens with one attached hydrogen (secondary N) is 2. The molecule has 2 N–H and O–H groups in total. The molecule has 3 heterocycles. The van der Waals surface area contributed by atoms with Crippen LogP contribution in [0.1, 0.15) is 52.9 Å². The Labute approximate surface area is 242 Å². The summed E-state index contributed by atoms with van der Waals surface area (Å²) < 4.78 is 6.49. The Kier molecular flexibility index (Phi) is 8.60. The Morgan fingerprint density at radius 2 is 2.00 bits per heavy atom. The smallest absolute Gasteiger partial charge is 0.246 e. The van der Waals surface area contributed by atoms with E-state index >= 15 is 0 Å². The summed E-state index contributed by atoms with van der Waals surface area (Å²) in [5.74, 6) is -1.29. The number of anilines is 1. The van der Waals surface area contributed by atoms with Gasteiger partial charge in [0.15, 0.2) is 0 Å². The summed E-state index contributed by atoms with van der Waals surface area (Å²) in [6, 6.07) is 6.18. The van der Waals surface area contributed by atoms with Gasteiger partial charge in [-0.05, 0) is 56.5 Å². The number of halogens is 1. The lowest BCUT2D eigenvalue weighted by molar-refractivity contribution is -0.141. The highest BCUT2D eigenvalue weighted by molar-refractivity contribution is 6.30. The fraction of sp³-hybridized carbons (Fsp3) is 0.645. The van der Waals surface area contributed by atoms with Crippen molar-refractivity contribution in [2.24, 2.45) is 23.7 Å². The average Bonchev–Trinajstić information content (AvgIpc) is 3.56. The fourth-order valence-electron chi connectivity index (χ4n) is 7.17. The number of likely N-dealkylation sites (tertiary alicyclic amines) is 1. The first kappa shape index (κ1) is 29.1. The second kappa shape index (κ2) is 11.8. The van der Waals surface area contributed by atoms with Gasteiger partial charge in [-0.3, -0.25) is 14.4 Å². The zero-order valence-electron chi connectivity index (χ0n) is 24.1. The molecule has 2 bridgehead atoms. The Balaban J connectivity index is 1.41. The lowest BCUT2D eigenvalue weighted by Gasteiger charge is -2.38. The van der Waals surface area contributed by atoms with Crippen LogP contribution < -0.4 is 10.6 Å². The molecule has 8 nitrogen and oxygen atoms in total. The maximum atomic E-state index is 14.2. The van der Waals surface area contributed by atoms with E-state index < -0.39 is 29.6 Å². The molecule has 3 fully saturated rings. The molecule has 9 heteroatoms. The van der Waals surface area contributed by atoms with Crippen molar-refractivity contribution < 1.29 is 19.1 Å². The SMILES string of the molecule is CCCCN(C)CCN1C(=O)[C@@H]2[C@H](C(=O)Nc3cccc(Cl)c3)[C@@H]3C=C[C@@]2(O3)[C@@H]1C(=O)N[C@@H]1CCC[C@H](C)[C@H]1C. The molecule has 1 spiro atoms. The number of carbonyl (C=O) groups excluding carboxylic acids is 3. The molecule has 1 aromatic carbocycles. The zero-order chi connectivity index (χ0) is 28.6. The van der Waals surface area contributed by atoms with Gasteiger partial charge in [-0.15, -0.1) is 0 Å². The van der Waals surface area contributed by atoms with Gasteiger partial charge in [-0.2, -0.15) is 0 Å². The van der Waals surface area contributed by atoms with E-state index in [1.807, 2.05) is 19.2 Å². The lowest BCUT2D eigenvalue weighted by atomic mass is 9.73. The third kappa shape index (κ3) is 5.30. The summed E-state index contributed by atoms with van der Waals surface area (Å²) in [4.78, 5) is 45.8. The van der Waals surface area contributed by atoms with Crippen molar-refractivity contribution in [3.63, 3.8) is 0 Å². The van der Waals surface area contributed by atoms with Crippen molar-refractivity contribution >= 4 is 35.0 Å². The minimum atomic E-state index is -1.16. The Hall–Kier alpha value is -2.42. The number of fused-ring (bicyclic) bond motifs is 1. The molecule has 1 aromatic rings. The minimum absolute atomic E-state index is 0.0559. The molecule has 0 unspecified atom stereocenters. The lowest BCUT2D eigenvalue weighted by Crippen LogP contribution is -2.58. The normalized spacial score (nSPS) is 34.4. The van der Waals surface area contributed by atoms with Crippen LogP contribution >= 0.6 is 11.6 Å². The Morgan fingerprint density at radius 1 is 1.20 bits per heavy atom. The van der Waals surface area contributed by atoms with Gasteiger partial charge in [-0.25, -0.2) is 0 Å². The van der Waals surface area contributed by atoms with Gasteiger partial charge >= 0.3 is 0 Å². The highest BCUT2D eigenvalue weighted by atomic mass is 35.5. The zero-order valence-corrected chi connectivity index (χ0v) is 24.8. The van der Waals surface area contributed by atoms with Gasteiger partial charge in [0.25, 0.3) is 0 Å². The number of amides is 3. The summed E-state index contributed by atoms with van der Waals surface area (Å²) in [6.07, 6.45) is 8.49. The van der Waals surface area contributed by atoms with E-state index in [0.717, 1.165) is 38.6 Å². The third-order valence-corrected chi connectivity index (χ3v) is 9.90. The average molecular weight is 571 g/mol. The minimum Gasteiger partial charge on any atom is -0.359 e. The topological polar surface area (TPSA) is 91.0 Å². The van der Waals surface area contributed by atoms with Crippen LogP contribution in [0.4, 0.5) is 5.69 Å². The summed E-state index contributed by atoms with van der Waals surface area (Å²) in [7, 11) is 2.04. The number of nitrogens with zero attached hydrogens (tertiary/aromatic N) is 2. The van der Waals surface area contributed by atoms with Gasteiger partial charge in [0.05, 0.1) is 17.9 Å². The van der Waals surface area contributed by atoms with Crippen molar-refractivity contribution in [2.75, 3.05) is 32.0 Å². The molecule has 3 aliphatic heterocycles. The maximum Gasteiger partial charge on any atom is 0.246 e. The van der Waals surface area contributed by atoms with Crippen molar-refractivity contribution in [1.82, 2.24) is 15.1 Å². The third-order valence-electron chi connectivity index (χ3n) is 9.67. The number of hydrogen-bond acceptors (Lipinski definition) is 5. The monoisotopic (exact) mass is 570 g/mol. The molecule has 8 atom stereocenters. The van der Waals surface area contributed by atoms with Crippen LogP contribution in [0.25, 0.3) is 0 Å². The van der Waals surface area contributed by atoms with E-state index in [-0.39, 0.29) is 23.8 Å². The highest BCUT2D eigenvalue weighted by Crippen LogP contribution is 2.55. The first-order valence-electron chi connectivity index (χ1n) is 14.9. The van der Waals surface area contributed by atoms with E-state index in [1.54, 1.807) is 29.2 Å². The molecule has 4 aliphatic rings. The van der Waals surface area contributed by atoms with Crippen LogP contribution in [-0.2, 0) is 19.1 Å². The number of hydrogen-bond donors (Lipinski definition) is 2. The molecule has 3 amide bonds. The summed E-state index contributed by atoms with van der Waals surface area (Å²) in [5, 5.41) is 6.76. The van der Waals surface area contributed by atoms with Gasteiger partial charge in [-0.1, -0.05) is 69.9 Å². The van der Waals surface area contributed by atoms with E-state index in [2.05, 4.69) is 36.3 Å². The second-order valence-corrected chi connectivity index (χ2v) is 12.7. The number of rotatable bonds is 10. The molecule has 1 saturated carbocycles. The van der Waals surface area contributed by atoms with Crippen molar-refractivity contribution in [3.05, 3.63) is 41.4 Å². The van der Waals surface area contributed by atoms with E-state index in [0.29, 0.717) is 35.6 Å². The molecule has 218 valence electrons. The summed E-state index contributed by atoms with van der Waals surface area (Å²) >= 11 is 6.13. The van der Waals surface area contributed by atoms with Crippen molar-refractivity contribution in [2.45, 2.75) is 76.7 Å². The first-order valence-corrected chi connectivity index (χ1v) is 15.3.